The van der Waals surface area contributed by atoms with Crippen LogP contribution >= 0.6 is 0 Å². The standard InChI is InChI=1S/C13H22OSi/c1-10-7-11(14)9-12(8-10)15(5,6)13(2,3)4/h7-9,14H,1-6H3. The molecule has 0 amide bonds. The molecule has 0 fully saturated rings. The molecule has 84 valence electrons. The molecular weight excluding hydrogens is 200 g/mol. The predicted molar refractivity (Wildman–Crippen MR) is 69.7 cm³/mol. The van der Waals surface area contributed by atoms with Crippen LogP contribution in [0.3, 0.4) is 0 Å². The molecule has 1 rings (SSSR count). The van der Waals surface area contributed by atoms with Gasteiger partial charge in [-0.1, -0.05) is 45.1 Å². The smallest absolute Gasteiger partial charge is 0.115 e. The summed E-state index contributed by atoms with van der Waals surface area (Å²) in [4.78, 5) is 0. The van der Waals surface area contributed by atoms with E-state index in [9.17, 15) is 5.11 Å². The highest BCUT2D eigenvalue weighted by atomic mass is 28.3. The van der Waals surface area contributed by atoms with Crippen LogP contribution < -0.4 is 5.19 Å². The molecule has 2 heteroatoms. The Labute approximate surface area is 94.2 Å². The fourth-order valence-corrected chi connectivity index (χ4v) is 3.52. The normalized spacial score (nSPS) is 12.9. The summed E-state index contributed by atoms with van der Waals surface area (Å²) in [6.45, 7) is 13.6. The van der Waals surface area contributed by atoms with Crippen LogP contribution in [0.2, 0.25) is 18.1 Å². The first kappa shape index (κ1) is 12.3. The molecule has 0 aliphatic rings. The van der Waals surface area contributed by atoms with Crippen molar-refractivity contribution >= 4 is 13.3 Å². The monoisotopic (exact) mass is 222 g/mol. The van der Waals surface area contributed by atoms with Crippen LogP contribution in [0.25, 0.3) is 0 Å². The lowest BCUT2D eigenvalue weighted by Gasteiger charge is -2.37. The lowest BCUT2D eigenvalue weighted by atomic mass is 10.2. The van der Waals surface area contributed by atoms with E-state index >= 15 is 0 Å². The molecule has 1 nitrogen and oxygen atoms in total. The van der Waals surface area contributed by atoms with Gasteiger partial charge in [0.05, 0.1) is 8.07 Å². The summed E-state index contributed by atoms with van der Waals surface area (Å²) in [5.74, 6) is 0.398. The SMILES string of the molecule is Cc1cc(O)cc([Si](C)(C)C(C)(C)C)c1. The second-order valence-corrected chi connectivity index (χ2v) is 11.3. The minimum Gasteiger partial charge on any atom is -0.508 e. The Morgan fingerprint density at radius 3 is 2.00 bits per heavy atom. The molecule has 15 heavy (non-hydrogen) atoms. The Morgan fingerprint density at radius 1 is 1.07 bits per heavy atom. The molecule has 0 radical (unpaired) electrons. The summed E-state index contributed by atoms with van der Waals surface area (Å²) < 4.78 is 0. The number of aromatic hydroxyl groups is 1. The van der Waals surface area contributed by atoms with Gasteiger partial charge < -0.3 is 5.11 Å². The highest BCUT2D eigenvalue weighted by Crippen LogP contribution is 2.36. The third kappa shape index (κ3) is 2.43. The van der Waals surface area contributed by atoms with Gasteiger partial charge in [-0.05, 0) is 29.7 Å². The Kier molecular flexibility index (Phi) is 3.01. The Morgan fingerprint density at radius 2 is 1.60 bits per heavy atom. The third-order valence-corrected chi connectivity index (χ3v) is 9.14. The van der Waals surface area contributed by atoms with Crippen molar-refractivity contribution in [2.24, 2.45) is 0 Å². The molecule has 0 atom stereocenters. The molecule has 0 heterocycles. The lowest BCUT2D eigenvalue weighted by molar-refractivity contribution is 0.475. The summed E-state index contributed by atoms with van der Waals surface area (Å²) in [5, 5.41) is 11.3. The zero-order valence-electron chi connectivity index (χ0n) is 10.7. The molecule has 0 saturated carbocycles. The van der Waals surface area contributed by atoms with E-state index in [2.05, 4.69) is 39.9 Å². The van der Waals surface area contributed by atoms with Crippen LogP contribution in [0.5, 0.6) is 5.75 Å². The average molecular weight is 222 g/mol. The van der Waals surface area contributed by atoms with E-state index in [-0.39, 0.29) is 0 Å². The van der Waals surface area contributed by atoms with E-state index in [0.717, 1.165) is 5.56 Å². The maximum atomic E-state index is 9.65. The van der Waals surface area contributed by atoms with Crippen LogP contribution in [0.4, 0.5) is 0 Å². The number of hydrogen-bond donors (Lipinski definition) is 1. The molecule has 0 saturated heterocycles. The van der Waals surface area contributed by atoms with Gasteiger partial charge >= 0.3 is 0 Å². The molecule has 0 unspecified atom stereocenters. The predicted octanol–water partition coefficient (Wildman–Crippen LogP) is 3.42. The van der Waals surface area contributed by atoms with Crippen molar-refractivity contribution in [1.29, 1.82) is 0 Å². The Balaban J connectivity index is 3.27. The van der Waals surface area contributed by atoms with Crippen molar-refractivity contribution in [1.82, 2.24) is 0 Å². The van der Waals surface area contributed by atoms with Crippen molar-refractivity contribution in [3.05, 3.63) is 23.8 Å². The van der Waals surface area contributed by atoms with E-state index in [0.29, 0.717) is 10.8 Å². The topological polar surface area (TPSA) is 20.2 Å². The first-order valence-corrected chi connectivity index (χ1v) is 8.46. The van der Waals surface area contributed by atoms with Gasteiger partial charge in [0.25, 0.3) is 0 Å². The van der Waals surface area contributed by atoms with Gasteiger partial charge in [0, 0.05) is 0 Å². The highest BCUT2D eigenvalue weighted by Gasteiger charge is 2.36. The van der Waals surface area contributed by atoms with Crippen LogP contribution in [0, 0.1) is 6.92 Å². The van der Waals surface area contributed by atoms with Crippen LogP contribution in [-0.2, 0) is 0 Å². The number of phenols is 1. The molecule has 0 aliphatic heterocycles. The molecule has 0 bridgehead atoms. The minimum absolute atomic E-state index is 0.313. The number of hydrogen-bond acceptors (Lipinski definition) is 1. The Hall–Kier alpha value is -0.763. The summed E-state index contributed by atoms with van der Waals surface area (Å²) in [5.41, 5.74) is 1.15. The van der Waals surface area contributed by atoms with E-state index in [1.807, 2.05) is 19.1 Å². The summed E-state index contributed by atoms with van der Waals surface area (Å²) in [7, 11) is -1.50. The number of phenolic OH excluding ortho intramolecular Hbond substituents is 1. The van der Waals surface area contributed by atoms with E-state index in [1.165, 1.54) is 5.19 Å². The van der Waals surface area contributed by atoms with Gasteiger partial charge in [-0.2, -0.15) is 0 Å². The third-order valence-electron chi connectivity index (χ3n) is 3.66. The van der Waals surface area contributed by atoms with E-state index in [4.69, 9.17) is 0 Å². The summed E-state index contributed by atoms with van der Waals surface area (Å²) >= 11 is 0. The summed E-state index contributed by atoms with van der Waals surface area (Å²) in [6.07, 6.45) is 0. The fraction of sp³-hybridized carbons (Fsp3) is 0.538. The zero-order valence-corrected chi connectivity index (χ0v) is 11.7. The first-order valence-electron chi connectivity index (χ1n) is 5.46. The number of benzene rings is 1. The quantitative estimate of drug-likeness (QED) is 0.722. The van der Waals surface area contributed by atoms with Gasteiger partial charge in [0.15, 0.2) is 0 Å². The van der Waals surface area contributed by atoms with E-state index < -0.39 is 8.07 Å². The molecule has 1 N–H and O–H groups in total. The van der Waals surface area contributed by atoms with Crippen LogP contribution in [0.15, 0.2) is 18.2 Å². The van der Waals surface area contributed by atoms with Crippen LogP contribution in [0.1, 0.15) is 26.3 Å². The molecule has 0 spiro atoms. The average Bonchev–Trinajstić information content (AvgIpc) is 1.99. The molecular formula is C13H22OSi. The fourth-order valence-electron chi connectivity index (χ4n) is 1.56. The van der Waals surface area contributed by atoms with Gasteiger partial charge in [-0.15, -0.1) is 0 Å². The summed E-state index contributed by atoms with van der Waals surface area (Å²) in [6, 6.07) is 5.97. The first-order chi connectivity index (χ1) is 6.64. The van der Waals surface area contributed by atoms with Crippen molar-refractivity contribution < 1.29 is 5.11 Å². The minimum atomic E-state index is -1.50. The van der Waals surface area contributed by atoms with Gasteiger partial charge in [-0.25, -0.2) is 0 Å². The van der Waals surface area contributed by atoms with Crippen LogP contribution in [-0.4, -0.2) is 13.2 Å². The van der Waals surface area contributed by atoms with Crippen molar-refractivity contribution in [2.45, 2.75) is 45.8 Å². The maximum Gasteiger partial charge on any atom is 0.115 e. The Bertz CT molecular complexity index is 341. The molecule has 1 aromatic rings. The van der Waals surface area contributed by atoms with Gasteiger partial charge in [0.2, 0.25) is 0 Å². The number of rotatable bonds is 1. The van der Waals surface area contributed by atoms with Gasteiger partial charge in [0.1, 0.15) is 5.75 Å². The largest absolute Gasteiger partial charge is 0.508 e. The molecule has 0 aliphatic carbocycles. The van der Waals surface area contributed by atoms with Crippen molar-refractivity contribution in [3.63, 3.8) is 0 Å². The second kappa shape index (κ2) is 3.67. The zero-order chi connectivity index (χ0) is 11.9. The molecule has 1 aromatic carbocycles. The van der Waals surface area contributed by atoms with Crippen molar-refractivity contribution in [2.75, 3.05) is 0 Å². The maximum absolute atomic E-state index is 9.65. The van der Waals surface area contributed by atoms with Gasteiger partial charge in [-0.3, -0.25) is 0 Å². The number of aryl methyl sites for hydroxylation is 1. The van der Waals surface area contributed by atoms with Crippen molar-refractivity contribution in [3.8, 4) is 5.75 Å². The molecule has 0 aromatic heterocycles. The van der Waals surface area contributed by atoms with E-state index in [1.54, 1.807) is 0 Å². The second-order valence-electron chi connectivity index (χ2n) is 5.93. The lowest BCUT2D eigenvalue weighted by Crippen LogP contribution is -2.49. The highest BCUT2D eigenvalue weighted by molar-refractivity contribution is 6.92.